The second kappa shape index (κ2) is 7.74. The van der Waals surface area contributed by atoms with Crippen LogP contribution >= 0.6 is 23.4 Å². The van der Waals surface area contributed by atoms with E-state index in [1.165, 1.54) is 6.20 Å². The number of thioether (sulfide) groups is 1. The van der Waals surface area contributed by atoms with Gasteiger partial charge in [0.05, 0.1) is 10.6 Å². The van der Waals surface area contributed by atoms with Crippen molar-refractivity contribution in [1.29, 1.82) is 0 Å². The molecule has 6 heteroatoms. The number of carbonyl (C=O) groups is 1. The van der Waals surface area contributed by atoms with Crippen molar-refractivity contribution in [3.8, 4) is 0 Å². The molecule has 0 atom stereocenters. The number of aromatic nitrogens is 1. The van der Waals surface area contributed by atoms with Crippen molar-refractivity contribution in [2.75, 3.05) is 25.2 Å². The van der Waals surface area contributed by atoms with Crippen molar-refractivity contribution < 1.29 is 4.79 Å². The number of halogens is 1. The second-order valence-electron chi connectivity index (χ2n) is 4.58. The molecule has 0 spiro atoms. The largest absolute Gasteiger partial charge is 0.372 e. The van der Waals surface area contributed by atoms with E-state index in [1.54, 1.807) is 24.9 Å². The molecule has 1 rings (SSSR count). The lowest BCUT2D eigenvalue weighted by Gasteiger charge is -2.29. The predicted octanol–water partition coefficient (Wildman–Crippen LogP) is 3.43. The van der Waals surface area contributed by atoms with Crippen LogP contribution in [-0.4, -0.2) is 35.5 Å². The average molecular weight is 316 g/mol. The molecule has 0 aliphatic carbocycles. The lowest BCUT2D eigenvalue weighted by molar-refractivity contribution is 0.0948. The van der Waals surface area contributed by atoms with Crippen molar-refractivity contribution in [2.24, 2.45) is 0 Å². The van der Waals surface area contributed by atoms with E-state index in [-0.39, 0.29) is 10.7 Å². The first-order chi connectivity index (χ1) is 9.51. The van der Waals surface area contributed by atoms with Gasteiger partial charge in [-0.25, -0.2) is 4.98 Å². The normalized spacial score (nSPS) is 11.2. The fourth-order valence-corrected chi connectivity index (χ4v) is 3.01. The minimum absolute atomic E-state index is 0.0950. The number of rotatable bonds is 7. The number of amides is 1. The fourth-order valence-electron chi connectivity index (χ4n) is 1.95. The SMILES string of the molecule is CCC(CC)(CNC(=O)c1cnc(NC)c(Cl)c1)SC. The zero-order valence-corrected chi connectivity index (χ0v) is 14.0. The summed E-state index contributed by atoms with van der Waals surface area (Å²) in [7, 11) is 1.74. The Morgan fingerprint density at radius 3 is 2.55 bits per heavy atom. The number of anilines is 1. The molecule has 0 saturated heterocycles. The van der Waals surface area contributed by atoms with Crippen molar-refractivity contribution in [2.45, 2.75) is 31.4 Å². The van der Waals surface area contributed by atoms with Gasteiger partial charge in [-0.3, -0.25) is 4.79 Å². The van der Waals surface area contributed by atoms with E-state index in [0.29, 0.717) is 22.9 Å². The smallest absolute Gasteiger partial charge is 0.252 e. The van der Waals surface area contributed by atoms with Gasteiger partial charge in [0.15, 0.2) is 0 Å². The fraction of sp³-hybridized carbons (Fsp3) is 0.571. The van der Waals surface area contributed by atoms with Gasteiger partial charge in [-0.15, -0.1) is 0 Å². The van der Waals surface area contributed by atoms with Gasteiger partial charge >= 0.3 is 0 Å². The van der Waals surface area contributed by atoms with Gasteiger partial charge in [-0.05, 0) is 25.2 Å². The average Bonchev–Trinajstić information content (AvgIpc) is 2.49. The number of nitrogens with zero attached hydrogens (tertiary/aromatic N) is 1. The highest BCUT2D eigenvalue weighted by Crippen LogP contribution is 2.29. The predicted molar refractivity (Wildman–Crippen MR) is 88.0 cm³/mol. The molecule has 0 fully saturated rings. The van der Waals surface area contributed by atoms with E-state index >= 15 is 0 Å². The van der Waals surface area contributed by atoms with Crippen LogP contribution in [0.2, 0.25) is 5.02 Å². The monoisotopic (exact) mass is 315 g/mol. The van der Waals surface area contributed by atoms with Gasteiger partial charge in [-0.2, -0.15) is 11.8 Å². The molecule has 20 heavy (non-hydrogen) atoms. The summed E-state index contributed by atoms with van der Waals surface area (Å²) in [5.74, 6) is 0.436. The molecule has 112 valence electrons. The first kappa shape index (κ1) is 17.1. The molecule has 1 amide bonds. The molecule has 0 bridgehead atoms. The van der Waals surface area contributed by atoms with Crippen molar-refractivity contribution in [3.63, 3.8) is 0 Å². The number of carbonyl (C=O) groups excluding carboxylic acids is 1. The van der Waals surface area contributed by atoms with E-state index < -0.39 is 0 Å². The van der Waals surface area contributed by atoms with E-state index in [4.69, 9.17) is 11.6 Å². The zero-order valence-electron chi connectivity index (χ0n) is 12.4. The zero-order chi connectivity index (χ0) is 15.2. The molecule has 1 aromatic heterocycles. The van der Waals surface area contributed by atoms with Gasteiger partial charge in [0.25, 0.3) is 5.91 Å². The molecule has 0 saturated carbocycles. The highest BCUT2D eigenvalue weighted by molar-refractivity contribution is 8.00. The van der Waals surface area contributed by atoms with E-state index in [2.05, 4.69) is 35.7 Å². The summed E-state index contributed by atoms with van der Waals surface area (Å²) in [5.41, 5.74) is 0.483. The van der Waals surface area contributed by atoms with Crippen LogP contribution in [0.1, 0.15) is 37.0 Å². The summed E-state index contributed by atoms with van der Waals surface area (Å²) in [6, 6.07) is 1.63. The molecule has 2 N–H and O–H groups in total. The molecule has 0 radical (unpaired) electrons. The number of hydrogen-bond acceptors (Lipinski definition) is 4. The highest BCUT2D eigenvalue weighted by atomic mass is 35.5. The third-order valence-electron chi connectivity index (χ3n) is 3.63. The highest BCUT2D eigenvalue weighted by Gasteiger charge is 2.25. The molecule has 0 aromatic carbocycles. The molecule has 1 heterocycles. The minimum atomic E-state index is -0.137. The molecule has 0 aliphatic heterocycles. The second-order valence-corrected chi connectivity index (χ2v) is 6.26. The Morgan fingerprint density at radius 1 is 1.45 bits per heavy atom. The maximum atomic E-state index is 12.2. The lowest BCUT2D eigenvalue weighted by atomic mass is 10.0. The van der Waals surface area contributed by atoms with Gasteiger partial charge in [-0.1, -0.05) is 25.4 Å². The Balaban J connectivity index is 2.74. The van der Waals surface area contributed by atoms with Crippen LogP contribution in [0.4, 0.5) is 5.82 Å². The van der Waals surface area contributed by atoms with Crippen LogP contribution in [0.3, 0.4) is 0 Å². The Hall–Kier alpha value is -0.940. The summed E-state index contributed by atoms with van der Waals surface area (Å²) < 4.78 is 0.0950. The third-order valence-corrected chi connectivity index (χ3v) is 5.51. The molecular formula is C14H22ClN3OS. The third kappa shape index (κ3) is 4.03. The van der Waals surface area contributed by atoms with Crippen molar-refractivity contribution >= 4 is 35.1 Å². The topological polar surface area (TPSA) is 54.0 Å². The van der Waals surface area contributed by atoms with Crippen LogP contribution in [0.15, 0.2) is 12.3 Å². The van der Waals surface area contributed by atoms with E-state index in [9.17, 15) is 4.79 Å². The number of pyridine rings is 1. The standard InChI is InChI=1S/C14H22ClN3OS/c1-5-14(6-2,20-4)9-18-13(19)10-7-11(15)12(16-3)17-8-10/h7-8H,5-6,9H2,1-4H3,(H,16,17)(H,18,19). The van der Waals surface area contributed by atoms with Crippen molar-refractivity contribution in [3.05, 3.63) is 22.8 Å². The van der Waals surface area contributed by atoms with Crippen LogP contribution < -0.4 is 10.6 Å². The number of hydrogen-bond donors (Lipinski definition) is 2. The van der Waals surface area contributed by atoms with E-state index in [1.807, 2.05) is 0 Å². The Labute approximate surface area is 130 Å². The molecule has 0 unspecified atom stereocenters. The summed E-state index contributed by atoms with van der Waals surface area (Å²) in [6.07, 6.45) is 5.65. The minimum Gasteiger partial charge on any atom is -0.372 e. The van der Waals surface area contributed by atoms with Crippen molar-refractivity contribution in [1.82, 2.24) is 10.3 Å². The molecule has 1 aromatic rings. The first-order valence-corrected chi connectivity index (χ1v) is 8.28. The lowest BCUT2D eigenvalue weighted by Crippen LogP contribution is -2.39. The van der Waals surface area contributed by atoms with Gasteiger partial charge < -0.3 is 10.6 Å². The van der Waals surface area contributed by atoms with Crippen LogP contribution in [0.5, 0.6) is 0 Å². The maximum Gasteiger partial charge on any atom is 0.252 e. The quantitative estimate of drug-likeness (QED) is 0.809. The van der Waals surface area contributed by atoms with Gasteiger partial charge in [0.2, 0.25) is 0 Å². The van der Waals surface area contributed by atoms with Crippen LogP contribution in [0, 0.1) is 0 Å². The van der Waals surface area contributed by atoms with Gasteiger partial charge in [0, 0.05) is 24.5 Å². The van der Waals surface area contributed by atoms with E-state index in [0.717, 1.165) is 12.8 Å². The Kier molecular flexibility index (Phi) is 6.62. The Bertz CT molecular complexity index is 455. The summed E-state index contributed by atoms with van der Waals surface area (Å²) >= 11 is 7.83. The Morgan fingerprint density at radius 2 is 2.10 bits per heavy atom. The summed E-state index contributed by atoms with van der Waals surface area (Å²) in [5, 5.41) is 6.29. The molecular weight excluding hydrogens is 294 g/mol. The molecule has 0 aliphatic rings. The maximum absolute atomic E-state index is 12.2. The van der Waals surface area contributed by atoms with Crippen LogP contribution in [-0.2, 0) is 0 Å². The summed E-state index contributed by atoms with van der Waals surface area (Å²) in [4.78, 5) is 16.3. The van der Waals surface area contributed by atoms with Crippen LogP contribution in [0.25, 0.3) is 0 Å². The molecule has 4 nitrogen and oxygen atoms in total. The first-order valence-electron chi connectivity index (χ1n) is 6.68. The summed E-state index contributed by atoms with van der Waals surface area (Å²) in [6.45, 7) is 4.93. The van der Waals surface area contributed by atoms with Gasteiger partial charge in [0.1, 0.15) is 5.82 Å². The number of nitrogens with one attached hydrogen (secondary N) is 2.